The van der Waals surface area contributed by atoms with Crippen molar-refractivity contribution >= 4 is 59.1 Å². The monoisotopic (exact) mass is 869 g/mol. The molecule has 0 saturated heterocycles. The fourth-order valence-corrected chi connectivity index (χ4v) is 9.36. The van der Waals surface area contributed by atoms with Crippen molar-refractivity contribution in [2.24, 2.45) is 5.92 Å². The molecule has 2 fully saturated rings. The largest absolute Gasteiger partial charge is 0.481 e. The molecule has 0 bridgehead atoms. The van der Waals surface area contributed by atoms with Gasteiger partial charge in [-0.05, 0) is 143 Å². The Bertz CT molecular complexity index is 2310. The molecule has 318 valence electrons. The summed E-state index contributed by atoms with van der Waals surface area (Å²) in [5.74, 6) is 1.67. The fraction of sp³-hybridized carbons (Fsp3) is 0.413. The maximum absolute atomic E-state index is 11.1. The van der Waals surface area contributed by atoms with Crippen molar-refractivity contribution in [3.63, 3.8) is 0 Å². The van der Waals surface area contributed by atoms with Crippen molar-refractivity contribution in [1.82, 2.24) is 24.9 Å². The minimum atomic E-state index is -3.10. The maximum atomic E-state index is 11.1. The number of aromatic nitrogens is 2. The predicted octanol–water partition coefficient (Wildman–Crippen LogP) is 9.68. The van der Waals surface area contributed by atoms with Crippen molar-refractivity contribution in [1.29, 1.82) is 0 Å². The molecule has 2 saturated carbocycles. The van der Waals surface area contributed by atoms with Gasteiger partial charge < -0.3 is 24.8 Å². The zero-order chi connectivity index (χ0) is 41.7. The van der Waals surface area contributed by atoms with Gasteiger partial charge in [0.15, 0.2) is 0 Å². The first-order valence-electron chi connectivity index (χ1n) is 21.0. The van der Waals surface area contributed by atoms with Gasteiger partial charge in [0.25, 0.3) is 10.4 Å². The first-order valence-corrected chi connectivity index (χ1v) is 24.5. The quantitative estimate of drug-likeness (QED) is 0.0533. The molecule has 4 aromatic carbocycles. The minimum Gasteiger partial charge on any atom is -0.481 e. The first kappa shape index (κ1) is 43.6. The second-order valence-corrected chi connectivity index (χ2v) is 19.5. The fourth-order valence-electron chi connectivity index (χ4n) is 7.18. The summed E-state index contributed by atoms with van der Waals surface area (Å²) in [6.45, 7) is 3.34. The van der Waals surface area contributed by atoms with Gasteiger partial charge in [-0.2, -0.15) is 0 Å². The highest BCUT2D eigenvalue weighted by Crippen LogP contribution is 2.35. The number of carbonyl (C=O) groups is 1. The Kier molecular flexibility index (Phi) is 15.6. The van der Waals surface area contributed by atoms with E-state index in [1.165, 1.54) is 43.1 Å². The lowest BCUT2D eigenvalue weighted by Gasteiger charge is -2.21. The molecule has 0 aliphatic heterocycles. The Labute approximate surface area is 361 Å². The van der Waals surface area contributed by atoms with Crippen LogP contribution in [0, 0.1) is 5.92 Å². The molecular formula is C46H55N5O6S3. The third-order valence-corrected chi connectivity index (χ3v) is 13.3. The Morgan fingerprint density at radius 1 is 0.750 bits per heavy atom. The smallest absolute Gasteiger partial charge is 0.303 e. The van der Waals surface area contributed by atoms with Gasteiger partial charge in [-0.1, -0.05) is 71.2 Å². The highest BCUT2D eigenvalue weighted by atomic mass is 32.2. The van der Waals surface area contributed by atoms with Crippen LogP contribution in [-0.4, -0.2) is 78.9 Å². The van der Waals surface area contributed by atoms with Crippen molar-refractivity contribution < 1.29 is 27.8 Å². The Hall–Kier alpha value is -4.44. The topological polar surface area (TPSA) is 143 Å². The molecule has 8 rings (SSSR count). The van der Waals surface area contributed by atoms with Gasteiger partial charge in [0.1, 0.15) is 11.5 Å². The molecule has 1 atom stereocenters. The number of carboxylic acid groups (broad SMARTS) is 1. The number of thiazole rings is 2. The highest BCUT2D eigenvalue weighted by Gasteiger charge is 2.30. The Morgan fingerprint density at radius 3 is 1.83 bits per heavy atom. The van der Waals surface area contributed by atoms with Gasteiger partial charge in [-0.15, -0.1) is 0 Å². The SMILES string of the molecule is CS(=O)(=O)NCCCNC(CCc1ccc(Oc2nc3ccccc3s2)cc1)C1CC1.O=C(O)CCCCN(CCc1ccc(Oc2nc3ccccc3s2)cc1)C1CC1. The summed E-state index contributed by atoms with van der Waals surface area (Å²) >= 11 is 3.11. The maximum Gasteiger partial charge on any atom is 0.303 e. The van der Waals surface area contributed by atoms with Crippen molar-refractivity contribution in [2.75, 3.05) is 32.4 Å². The molecule has 6 aromatic rings. The van der Waals surface area contributed by atoms with Crippen molar-refractivity contribution in [3.8, 4) is 21.9 Å². The number of unbranched alkanes of at least 4 members (excludes halogenated alkanes) is 1. The summed E-state index contributed by atoms with van der Waals surface area (Å²) in [4.78, 5) is 22.2. The molecule has 1 unspecified atom stereocenters. The molecule has 60 heavy (non-hydrogen) atoms. The predicted molar refractivity (Wildman–Crippen MR) is 242 cm³/mol. The molecule has 14 heteroatoms. The average Bonchev–Trinajstić information content (AvgIpc) is 4.17. The van der Waals surface area contributed by atoms with Crippen molar-refractivity contribution in [3.05, 3.63) is 108 Å². The van der Waals surface area contributed by atoms with Crippen LogP contribution in [0.1, 0.15) is 68.9 Å². The summed E-state index contributed by atoms with van der Waals surface area (Å²) in [6.07, 6.45) is 12.2. The van der Waals surface area contributed by atoms with Gasteiger partial charge in [0.2, 0.25) is 10.0 Å². The molecule has 2 heterocycles. The van der Waals surface area contributed by atoms with Crippen LogP contribution < -0.4 is 19.5 Å². The summed E-state index contributed by atoms with van der Waals surface area (Å²) in [6, 6.07) is 33.8. The number of hydrogen-bond acceptors (Lipinski definition) is 11. The van der Waals surface area contributed by atoms with Gasteiger partial charge in [-0.3, -0.25) is 4.79 Å². The summed E-state index contributed by atoms with van der Waals surface area (Å²) in [5, 5.41) is 13.7. The van der Waals surface area contributed by atoms with Crippen LogP contribution >= 0.6 is 22.7 Å². The number of ether oxygens (including phenoxy) is 2. The molecule has 3 N–H and O–H groups in total. The lowest BCUT2D eigenvalue weighted by molar-refractivity contribution is -0.137. The zero-order valence-electron chi connectivity index (χ0n) is 34.1. The van der Waals surface area contributed by atoms with E-state index in [4.69, 9.17) is 14.6 Å². The third kappa shape index (κ3) is 14.3. The first-order chi connectivity index (χ1) is 29.1. The van der Waals surface area contributed by atoms with E-state index in [-0.39, 0.29) is 6.42 Å². The van der Waals surface area contributed by atoms with E-state index in [9.17, 15) is 13.2 Å². The Balaban J connectivity index is 0.000000182. The van der Waals surface area contributed by atoms with E-state index in [2.05, 4.69) is 61.3 Å². The summed E-state index contributed by atoms with van der Waals surface area (Å²) < 4.78 is 38.9. The Morgan fingerprint density at radius 2 is 1.32 bits per heavy atom. The molecule has 2 aliphatic rings. The number of para-hydroxylation sites is 2. The second kappa shape index (κ2) is 21.4. The van der Waals surface area contributed by atoms with Crippen LogP contribution in [0.25, 0.3) is 20.4 Å². The normalized spacial score (nSPS) is 14.6. The summed E-state index contributed by atoms with van der Waals surface area (Å²) in [7, 11) is -3.10. The lowest BCUT2D eigenvalue weighted by atomic mass is 10.0. The molecule has 0 spiro atoms. The van der Waals surface area contributed by atoms with E-state index < -0.39 is 16.0 Å². The van der Waals surface area contributed by atoms with Crippen LogP contribution in [0.3, 0.4) is 0 Å². The number of aliphatic carboxylic acids is 1. The van der Waals surface area contributed by atoms with E-state index in [1.807, 2.05) is 60.7 Å². The third-order valence-electron chi connectivity index (χ3n) is 10.7. The molecule has 2 aromatic heterocycles. The van der Waals surface area contributed by atoms with E-state index >= 15 is 0 Å². The number of sulfonamides is 1. The van der Waals surface area contributed by atoms with E-state index in [0.29, 0.717) is 29.0 Å². The molecular weight excluding hydrogens is 815 g/mol. The van der Waals surface area contributed by atoms with Crippen LogP contribution in [0.5, 0.6) is 21.9 Å². The number of carboxylic acids is 1. The number of benzene rings is 4. The number of rotatable bonds is 23. The van der Waals surface area contributed by atoms with E-state index in [0.717, 1.165) is 96.0 Å². The lowest BCUT2D eigenvalue weighted by Crippen LogP contribution is -2.34. The van der Waals surface area contributed by atoms with E-state index in [1.54, 1.807) is 22.7 Å². The second-order valence-electron chi connectivity index (χ2n) is 15.7. The number of nitrogens with one attached hydrogen (secondary N) is 2. The van der Waals surface area contributed by atoms with Gasteiger partial charge >= 0.3 is 5.97 Å². The van der Waals surface area contributed by atoms with Gasteiger partial charge in [-0.25, -0.2) is 23.1 Å². The number of hydrogen-bond donors (Lipinski definition) is 3. The number of nitrogens with zero attached hydrogens (tertiary/aromatic N) is 3. The van der Waals surface area contributed by atoms with Crippen LogP contribution in [0.2, 0.25) is 0 Å². The number of fused-ring (bicyclic) bond motifs is 2. The molecule has 0 amide bonds. The summed E-state index contributed by atoms with van der Waals surface area (Å²) in [5.41, 5.74) is 4.51. The van der Waals surface area contributed by atoms with Crippen molar-refractivity contribution in [2.45, 2.75) is 82.7 Å². The highest BCUT2D eigenvalue weighted by molar-refractivity contribution is 7.88. The number of aryl methyl sites for hydroxylation is 1. The van der Waals surface area contributed by atoms with Crippen LogP contribution in [0.4, 0.5) is 0 Å². The van der Waals surface area contributed by atoms with Crippen LogP contribution in [0.15, 0.2) is 97.1 Å². The van der Waals surface area contributed by atoms with Gasteiger partial charge in [0.05, 0.1) is 26.7 Å². The molecule has 0 radical (unpaired) electrons. The standard InChI is InChI=1S/C23H29N3O3S2.C23H26N2O3S/c1-31(27,28)25-16-4-15-24-20(18-10-11-18)14-9-17-7-12-19(13-8-17)29-23-26-21-5-2-3-6-22(21)30-23;26-22(27)7-3-4-15-25(18-10-11-18)16-14-17-8-12-19(13-9-17)28-23-24-20-5-1-2-6-21(20)29-23/h2-3,5-8,12-13,18,20,24-25H,4,9-11,14-16H2,1H3;1-2,5-6,8-9,12-13,18H,3-4,7,10-11,14-16H2,(H,26,27). The molecule has 2 aliphatic carbocycles. The minimum absolute atomic E-state index is 0.272. The molecule has 11 nitrogen and oxygen atoms in total. The van der Waals surface area contributed by atoms with Gasteiger partial charge in [0, 0.05) is 31.6 Å². The van der Waals surface area contributed by atoms with Crippen LogP contribution in [-0.2, 0) is 27.7 Å². The average molecular weight is 870 g/mol. The zero-order valence-corrected chi connectivity index (χ0v) is 36.6.